The second-order valence-electron chi connectivity index (χ2n) is 7.13. The smallest absolute Gasteiger partial charge is 0.191 e. The van der Waals surface area contributed by atoms with Gasteiger partial charge in [0.1, 0.15) is 5.82 Å². The summed E-state index contributed by atoms with van der Waals surface area (Å²) in [4.78, 5) is 15.5. The van der Waals surface area contributed by atoms with E-state index in [-0.39, 0.29) is 24.0 Å². The highest BCUT2D eigenvalue weighted by atomic mass is 127. The fourth-order valence-electron chi connectivity index (χ4n) is 3.75. The number of halogens is 2. The monoisotopic (exact) mass is 536 g/mol. The molecule has 0 spiro atoms. The number of nitrogens with zero attached hydrogens (tertiary/aromatic N) is 4. The molecule has 0 saturated carbocycles. The number of aromatic nitrogens is 2. The number of rotatable bonds is 5. The molecular formula is C22H26ClIN6. The highest BCUT2D eigenvalue weighted by Crippen LogP contribution is 2.25. The predicted octanol–water partition coefficient (Wildman–Crippen LogP) is 3.89. The van der Waals surface area contributed by atoms with E-state index >= 15 is 0 Å². The van der Waals surface area contributed by atoms with E-state index in [0.717, 1.165) is 49.8 Å². The molecule has 2 aromatic heterocycles. The number of fused-ring (bicyclic) bond motifs is 1. The number of hydrogen-bond donors (Lipinski definition) is 2. The van der Waals surface area contributed by atoms with Gasteiger partial charge in [0.15, 0.2) is 5.96 Å². The molecule has 1 fully saturated rings. The number of pyridine rings is 2. The maximum Gasteiger partial charge on any atom is 0.191 e. The van der Waals surface area contributed by atoms with Gasteiger partial charge in [-0.15, -0.1) is 24.0 Å². The zero-order valence-corrected chi connectivity index (χ0v) is 20.0. The predicted molar refractivity (Wildman–Crippen MR) is 135 cm³/mol. The van der Waals surface area contributed by atoms with Gasteiger partial charge in [-0.25, -0.2) is 4.98 Å². The molecule has 0 aliphatic carbocycles. The zero-order valence-electron chi connectivity index (χ0n) is 16.9. The van der Waals surface area contributed by atoms with Crippen molar-refractivity contribution in [2.75, 3.05) is 31.6 Å². The highest BCUT2D eigenvalue weighted by Gasteiger charge is 2.25. The van der Waals surface area contributed by atoms with Gasteiger partial charge in [0, 0.05) is 50.5 Å². The summed E-state index contributed by atoms with van der Waals surface area (Å²) in [7, 11) is 1.80. The Morgan fingerprint density at radius 2 is 1.97 bits per heavy atom. The summed E-state index contributed by atoms with van der Waals surface area (Å²) in [5.74, 6) is 1.67. The van der Waals surface area contributed by atoms with Crippen LogP contribution in [0, 0.1) is 0 Å². The summed E-state index contributed by atoms with van der Waals surface area (Å²) in [5, 5.41) is 8.81. The quantitative estimate of drug-likeness (QED) is 0.294. The SMILES string of the molecule is CN=C(NCCc1cccc2cccnc12)NC1CCN(c2ncccc2Cl)C1.I. The van der Waals surface area contributed by atoms with E-state index in [9.17, 15) is 0 Å². The van der Waals surface area contributed by atoms with Gasteiger partial charge in [-0.3, -0.25) is 9.98 Å². The minimum atomic E-state index is 0. The molecular weight excluding hydrogens is 511 g/mol. The van der Waals surface area contributed by atoms with Gasteiger partial charge >= 0.3 is 0 Å². The van der Waals surface area contributed by atoms with E-state index in [4.69, 9.17) is 11.6 Å². The van der Waals surface area contributed by atoms with Crippen LogP contribution in [-0.4, -0.2) is 48.7 Å². The number of aliphatic imine (C=N–C) groups is 1. The van der Waals surface area contributed by atoms with Crippen LogP contribution in [-0.2, 0) is 6.42 Å². The first-order valence-corrected chi connectivity index (χ1v) is 10.3. The number of hydrogen-bond acceptors (Lipinski definition) is 4. The van der Waals surface area contributed by atoms with Crippen LogP contribution in [0.1, 0.15) is 12.0 Å². The van der Waals surface area contributed by atoms with E-state index in [2.05, 4.69) is 54.8 Å². The fraction of sp³-hybridized carbons (Fsp3) is 0.318. The summed E-state index contributed by atoms with van der Waals surface area (Å²) < 4.78 is 0. The van der Waals surface area contributed by atoms with E-state index in [1.807, 2.05) is 24.4 Å². The molecule has 4 rings (SSSR count). The number of para-hydroxylation sites is 1. The molecule has 0 amide bonds. The molecule has 30 heavy (non-hydrogen) atoms. The van der Waals surface area contributed by atoms with Gasteiger partial charge in [0.25, 0.3) is 0 Å². The molecule has 1 aliphatic heterocycles. The first-order chi connectivity index (χ1) is 14.2. The van der Waals surface area contributed by atoms with Crippen LogP contribution in [0.25, 0.3) is 10.9 Å². The number of nitrogens with one attached hydrogen (secondary N) is 2. The van der Waals surface area contributed by atoms with Gasteiger partial charge < -0.3 is 15.5 Å². The molecule has 158 valence electrons. The number of guanidine groups is 1. The molecule has 0 radical (unpaired) electrons. The second kappa shape index (κ2) is 10.8. The molecule has 1 unspecified atom stereocenters. The van der Waals surface area contributed by atoms with Crippen LogP contribution in [0.5, 0.6) is 0 Å². The Kier molecular flexibility index (Phi) is 8.09. The summed E-state index contributed by atoms with van der Waals surface area (Å²) in [6.45, 7) is 2.57. The van der Waals surface area contributed by atoms with E-state index in [1.54, 1.807) is 13.2 Å². The van der Waals surface area contributed by atoms with Crippen LogP contribution in [0.2, 0.25) is 5.02 Å². The number of anilines is 1. The third-order valence-corrected chi connectivity index (χ3v) is 5.49. The molecule has 8 heteroatoms. The lowest BCUT2D eigenvalue weighted by molar-refractivity contribution is 0.648. The Morgan fingerprint density at radius 1 is 1.17 bits per heavy atom. The first-order valence-electron chi connectivity index (χ1n) is 9.90. The summed E-state index contributed by atoms with van der Waals surface area (Å²) in [6, 6.07) is 14.4. The molecule has 3 aromatic rings. The van der Waals surface area contributed by atoms with Crippen molar-refractivity contribution in [3.05, 3.63) is 65.4 Å². The Morgan fingerprint density at radius 3 is 2.80 bits per heavy atom. The van der Waals surface area contributed by atoms with Crippen molar-refractivity contribution >= 4 is 58.3 Å². The highest BCUT2D eigenvalue weighted by molar-refractivity contribution is 14.0. The lowest BCUT2D eigenvalue weighted by Gasteiger charge is -2.20. The zero-order chi connectivity index (χ0) is 20.1. The lowest BCUT2D eigenvalue weighted by Crippen LogP contribution is -2.45. The third-order valence-electron chi connectivity index (χ3n) is 5.19. The maximum absolute atomic E-state index is 6.29. The third kappa shape index (κ3) is 5.31. The topological polar surface area (TPSA) is 65.4 Å². The van der Waals surface area contributed by atoms with Crippen molar-refractivity contribution in [3.8, 4) is 0 Å². The first kappa shape index (κ1) is 22.6. The normalized spacial score (nSPS) is 16.4. The molecule has 1 aliphatic rings. The Hall–Kier alpha value is -2.13. The van der Waals surface area contributed by atoms with Gasteiger partial charge in [-0.1, -0.05) is 35.9 Å². The van der Waals surface area contributed by atoms with E-state index in [0.29, 0.717) is 11.1 Å². The van der Waals surface area contributed by atoms with Crippen molar-refractivity contribution in [2.24, 2.45) is 4.99 Å². The largest absolute Gasteiger partial charge is 0.356 e. The van der Waals surface area contributed by atoms with Gasteiger partial charge in [-0.05, 0) is 36.6 Å². The minimum absolute atomic E-state index is 0. The fourth-order valence-corrected chi connectivity index (χ4v) is 3.99. The average Bonchev–Trinajstić information content (AvgIpc) is 3.21. The molecule has 2 N–H and O–H groups in total. The Bertz CT molecular complexity index is 1010. The van der Waals surface area contributed by atoms with E-state index in [1.165, 1.54) is 10.9 Å². The molecule has 1 atom stereocenters. The average molecular weight is 537 g/mol. The van der Waals surface area contributed by atoms with Gasteiger partial charge in [0.05, 0.1) is 10.5 Å². The van der Waals surface area contributed by atoms with Crippen LogP contribution < -0.4 is 15.5 Å². The molecule has 3 heterocycles. The van der Waals surface area contributed by atoms with Crippen LogP contribution in [0.3, 0.4) is 0 Å². The number of benzene rings is 1. The van der Waals surface area contributed by atoms with Crippen molar-refractivity contribution < 1.29 is 0 Å². The Balaban J connectivity index is 0.00000256. The summed E-state index contributed by atoms with van der Waals surface area (Å²) in [6.07, 6.45) is 5.53. The molecule has 0 bridgehead atoms. The van der Waals surface area contributed by atoms with Crippen molar-refractivity contribution in [3.63, 3.8) is 0 Å². The van der Waals surface area contributed by atoms with Gasteiger partial charge in [-0.2, -0.15) is 0 Å². The standard InChI is InChI=1S/C22H25ClN6.HI/c1-24-22(27-13-9-17-6-2-5-16-7-3-11-25-20(16)17)28-18-10-14-29(15-18)21-19(23)8-4-12-26-21;/h2-8,11-12,18H,9-10,13-15H2,1H3,(H2,24,27,28);1H. The summed E-state index contributed by atoms with van der Waals surface area (Å²) >= 11 is 6.29. The lowest BCUT2D eigenvalue weighted by atomic mass is 10.1. The minimum Gasteiger partial charge on any atom is -0.356 e. The molecule has 1 aromatic carbocycles. The molecule has 1 saturated heterocycles. The summed E-state index contributed by atoms with van der Waals surface area (Å²) in [5.41, 5.74) is 2.31. The van der Waals surface area contributed by atoms with Crippen molar-refractivity contribution in [1.82, 2.24) is 20.6 Å². The molecule has 6 nitrogen and oxygen atoms in total. The van der Waals surface area contributed by atoms with Crippen molar-refractivity contribution in [2.45, 2.75) is 18.9 Å². The van der Waals surface area contributed by atoms with Crippen LogP contribution in [0.4, 0.5) is 5.82 Å². The van der Waals surface area contributed by atoms with E-state index < -0.39 is 0 Å². The van der Waals surface area contributed by atoms with Crippen LogP contribution in [0.15, 0.2) is 59.9 Å². The van der Waals surface area contributed by atoms with Crippen molar-refractivity contribution in [1.29, 1.82) is 0 Å². The van der Waals surface area contributed by atoms with Crippen LogP contribution >= 0.6 is 35.6 Å². The second-order valence-corrected chi connectivity index (χ2v) is 7.53. The maximum atomic E-state index is 6.29. The Labute approximate surface area is 199 Å². The van der Waals surface area contributed by atoms with Gasteiger partial charge in [0.2, 0.25) is 0 Å².